The number of rotatable bonds is 5. The van der Waals surface area contributed by atoms with Crippen LogP contribution in [0.2, 0.25) is 0 Å². The monoisotopic (exact) mass is 358 g/mol. The SMILES string of the molecule is CC(c1cccc2ccccc12)N1CCC(C(=O)NCc2ccccc2)C1. The molecular formula is C24H26N2O. The topological polar surface area (TPSA) is 32.3 Å². The van der Waals surface area contributed by atoms with E-state index in [4.69, 9.17) is 0 Å². The first-order valence-corrected chi connectivity index (χ1v) is 9.76. The van der Waals surface area contributed by atoms with Crippen LogP contribution < -0.4 is 5.32 Å². The summed E-state index contributed by atoms with van der Waals surface area (Å²) in [7, 11) is 0. The summed E-state index contributed by atoms with van der Waals surface area (Å²) < 4.78 is 0. The van der Waals surface area contributed by atoms with Crippen LogP contribution in [0.4, 0.5) is 0 Å². The maximum absolute atomic E-state index is 12.6. The summed E-state index contributed by atoms with van der Waals surface area (Å²) in [5, 5.41) is 5.69. The van der Waals surface area contributed by atoms with Crippen molar-refractivity contribution in [2.45, 2.75) is 25.9 Å². The van der Waals surface area contributed by atoms with Gasteiger partial charge in [0.25, 0.3) is 0 Å². The third kappa shape index (κ3) is 3.88. The third-order valence-electron chi connectivity index (χ3n) is 5.72. The smallest absolute Gasteiger partial charge is 0.224 e. The van der Waals surface area contributed by atoms with E-state index in [1.54, 1.807) is 0 Å². The Morgan fingerprint density at radius 3 is 2.63 bits per heavy atom. The maximum Gasteiger partial charge on any atom is 0.224 e. The molecule has 0 aromatic heterocycles. The molecule has 27 heavy (non-hydrogen) atoms. The van der Waals surface area contributed by atoms with E-state index in [0.29, 0.717) is 12.6 Å². The average Bonchev–Trinajstić information content (AvgIpc) is 3.22. The normalized spacial score (nSPS) is 18.5. The first-order chi connectivity index (χ1) is 13.2. The highest BCUT2D eigenvalue weighted by molar-refractivity contribution is 5.86. The number of carbonyl (C=O) groups is 1. The van der Waals surface area contributed by atoms with E-state index in [-0.39, 0.29) is 11.8 Å². The average molecular weight is 358 g/mol. The number of carbonyl (C=O) groups excluding carboxylic acids is 1. The Bertz CT molecular complexity index is 917. The van der Waals surface area contributed by atoms with Crippen molar-refractivity contribution in [3.63, 3.8) is 0 Å². The maximum atomic E-state index is 12.6. The van der Waals surface area contributed by atoms with Crippen LogP contribution in [0, 0.1) is 5.92 Å². The van der Waals surface area contributed by atoms with E-state index >= 15 is 0 Å². The number of likely N-dealkylation sites (tertiary alicyclic amines) is 1. The fourth-order valence-electron chi connectivity index (χ4n) is 4.09. The van der Waals surface area contributed by atoms with Gasteiger partial charge in [-0.15, -0.1) is 0 Å². The third-order valence-corrected chi connectivity index (χ3v) is 5.72. The zero-order chi connectivity index (χ0) is 18.6. The standard InChI is InChI=1S/C24H26N2O/c1-18(22-13-7-11-20-10-5-6-12-23(20)22)26-15-14-21(17-26)24(27)25-16-19-8-3-2-4-9-19/h2-13,18,21H,14-17H2,1H3,(H,25,27). The van der Waals surface area contributed by atoms with Crippen LogP contribution in [0.3, 0.4) is 0 Å². The molecule has 1 saturated heterocycles. The molecule has 0 bridgehead atoms. The van der Waals surface area contributed by atoms with Gasteiger partial charge in [0.1, 0.15) is 0 Å². The van der Waals surface area contributed by atoms with Crippen molar-refractivity contribution in [2.24, 2.45) is 5.92 Å². The molecule has 1 aliphatic heterocycles. The minimum Gasteiger partial charge on any atom is -0.352 e. The second-order valence-electron chi connectivity index (χ2n) is 7.43. The summed E-state index contributed by atoms with van der Waals surface area (Å²) in [5.74, 6) is 0.248. The summed E-state index contributed by atoms with van der Waals surface area (Å²) >= 11 is 0. The van der Waals surface area contributed by atoms with Crippen molar-refractivity contribution >= 4 is 16.7 Å². The van der Waals surface area contributed by atoms with Gasteiger partial charge in [-0.05, 0) is 41.8 Å². The molecule has 0 aliphatic carbocycles. The van der Waals surface area contributed by atoms with Crippen LogP contribution in [-0.2, 0) is 11.3 Å². The van der Waals surface area contributed by atoms with Gasteiger partial charge in [-0.3, -0.25) is 9.69 Å². The number of nitrogens with one attached hydrogen (secondary N) is 1. The fourth-order valence-corrected chi connectivity index (χ4v) is 4.09. The van der Waals surface area contributed by atoms with E-state index in [1.165, 1.54) is 16.3 Å². The second kappa shape index (κ2) is 7.93. The van der Waals surface area contributed by atoms with E-state index in [9.17, 15) is 4.79 Å². The van der Waals surface area contributed by atoms with Crippen molar-refractivity contribution in [2.75, 3.05) is 13.1 Å². The Balaban J connectivity index is 1.40. The second-order valence-corrected chi connectivity index (χ2v) is 7.43. The summed E-state index contributed by atoms with van der Waals surface area (Å²) in [6, 6.07) is 25.5. The Morgan fingerprint density at radius 1 is 1.04 bits per heavy atom. The number of hydrogen-bond acceptors (Lipinski definition) is 2. The first kappa shape index (κ1) is 17.7. The molecule has 2 atom stereocenters. The van der Waals surface area contributed by atoms with Crippen LogP contribution in [0.15, 0.2) is 72.8 Å². The lowest BCUT2D eigenvalue weighted by molar-refractivity contribution is -0.124. The van der Waals surface area contributed by atoms with Gasteiger partial charge >= 0.3 is 0 Å². The van der Waals surface area contributed by atoms with E-state index in [0.717, 1.165) is 25.1 Å². The summed E-state index contributed by atoms with van der Waals surface area (Å²) in [5.41, 5.74) is 2.49. The molecule has 3 aromatic rings. The molecule has 3 aromatic carbocycles. The van der Waals surface area contributed by atoms with Crippen molar-refractivity contribution in [1.82, 2.24) is 10.2 Å². The molecule has 0 radical (unpaired) electrons. The molecule has 1 heterocycles. The van der Waals surface area contributed by atoms with Crippen molar-refractivity contribution < 1.29 is 4.79 Å². The van der Waals surface area contributed by atoms with Gasteiger partial charge in [-0.2, -0.15) is 0 Å². The van der Waals surface area contributed by atoms with Crippen LogP contribution in [0.5, 0.6) is 0 Å². The van der Waals surface area contributed by atoms with Gasteiger partial charge in [-0.1, -0.05) is 72.8 Å². The molecule has 4 rings (SSSR count). The van der Waals surface area contributed by atoms with E-state index in [2.05, 4.69) is 59.6 Å². The number of benzene rings is 3. The van der Waals surface area contributed by atoms with Gasteiger partial charge in [0.2, 0.25) is 5.91 Å². The lowest BCUT2D eigenvalue weighted by Gasteiger charge is -2.26. The Kier molecular flexibility index (Phi) is 5.21. The Labute approximate surface area is 161 Å². The largest absolute Gasteiger partial charge is 0.352 e. The Hall–Kier alpha value is -2.65. The zero-order valence-electron chi connectivity index (χ0n) is 15.8. The quantitative estimate of drug-likeness (QED) is 0.726. The minimum atomic E-state index is 0.0751. The highest BCUT2D eigenvalue weighted by atomic mass is 16.1. The first-order valence-electron chi connectivity index (χ1n) is 9.76. The fraction of sp³-hybridized carbons (Fsp3) is 0.292. The molecule has 0 saturated carbocycles. The van der Waals surface area contributed by atoms with Crippen LogP contribution in [-0.4, -0.2) is 23.9 Å². The van der Waals surface area contributed by atoms with Crippen molar-refractivity contribution in [3.8, 4) is 0 Å². The van der Waals surface area contributed by atoms with Gasteiger partial charge in [0.05, 0.1) is 5.92 Å². The van der Waals surface area contributed by atoms with Crippen LogP contribution in [0.25, 0.3) is 10.8 Å². The number of hydrogen-bond donors (Lipinski definition) is 1. The summed E-state index contributed by atoms with van der Waals surface area (Å²) in [4.78, 5) is 15.0. The summed E-state index contributed by atoms with van der Waals surface area (Å²) in [6.45, 7) is 4.65. The van der Waals surface area contributed by atoms with E-state index in [1.807, 2.05) is 30.3 Å². The lowest BCUT2D eigenvalue weighted by atomic mass is 9.99. The minimum absolute atomic E-state index is 0.0751. The van der Waals surface area contributed by atoms with Gasteiger partial charge in [0, 0.05) is 19.1 Å². The number of amides is 1. The number of fused-ring (bicyclic) bond motifs is 1. The molecule has 1 fully saturated rings. The Morgan fingerprint density at radius 2 is 1.78 bits per heavy atom. The molecule has 1 N–H and O–H groups in total. The molecule has 3 heteroatoms. The molecule has 1 amide bonds. The lowest BCUT2D eigenvalue weighted by Crippen LogP contribution is -2.33. The van der Waals surface area contributed by atoms with Crippen LogP contribution in [0.1, 0.15) is 30.5 Å². The predicted molar refractivity (Wildman–Crippen MR) is 110 cm³/mol. The highest BCUT2D eigenvalue weighted by Gasteiger charge is 2.31. The van der Waals surface area contributed by atoms with Gasteiger partial charge in [-0.25, -0.2) is 0 Å². The van der Waals surface area contributed by atoms with Gasteiger partial charge < -0.3 is 5.32 Å². The molecular weight excluding hydrogens is 332 g/mol. The molecule has 2 unspecified atom stereocenters. The van der Waals surface area contributed by atoms with Crippen molar-refractivity contribution in [1.29, 1.82) is 0 Å². The molecule has 138 valence electrons. The highest BCUT2D eigenvalue weighted by Crippen LogP contribution is 2.31. The van der Waals surface area contributed by atoms with Crippen molar-refractivity contribution in [3.05, 3.63) is 83.9 Å². The summed E-state index contributed by atoms with van der Waals surface area (Å²) in [6.07, 6.45) is 0.926. The predicted octanol–water partition coefficient (Wildman–Crippen LogP) is 4.54. The molecule has 3 nitrogen and oxygen atoms in total. The molecule has 0 spiro atoms. The van der Waals surface area contributed by atoms with Gasteiger partial charge in [0.15, 0.2) is 0 Å². The molecule has 1 aliphatic rings. The zero-order valence-corrected chi connectivity index (χ0v) is 15.8. The van der Waals surface area contributed by atoms with Crippen LogP contribution >= 0.6 is 0 Å². The van der Waals surface area contributed by atoms with E-state index < -0.39 is 0 Å². The number of nitrogens with zero attached hydrogens (tertiary/aromatic N) is 1.